The van der Waals surface area contributed by atoms with Crippen LogP contribution in [0.25, 0.3) is 0 Å². The van der Waals surface area contributed by atoms with Gasteiger partial charge in [-0.15, -0.1) is 0 Å². The second-order valence-electron chi connectivity index (χ2n) is 1.82. The third-order valence-corrected chi connectivity index (χ3v) is 0.394. The second kappa shape index (κ2) is 30.4. The Morgan fingerprint density at radius 1 is 1.00 bits per heavy atom. The van der Waals surface area contributed by atoms with E-state index in [9.17, 15) is 4.79 Å². The van der Waals surface area contributed by atoms with Crippen molar-refractivity contribution in [2.45, 2.75) is 13.8 Å². The molecular formula is C7H15NNa3O6+3. The van der Waals surface area contributed by atoms with Crippen LogP contribution in [-0.4, -0.2) is 41.8 Å². The largest absolute Gasteiger partial charge is 1.00 e. The van der Waals surface area contributed by atoms with Gasteiger partial charge in [0.15, 0.2) is 0 Å². The van der Waals surface area contributed by atoms with Crippen molar-refractivity contribution in [3.05, 3.63) is 0 Å². The first-order valence-electron chi connectivity index (χ1n) is 3.43. The molecule has 0 radical (unpaired) electrons. The van der Waals surface area contributed by atoms with Crippen LogP contribution in [-0.2, 0) is 19.1 Å². The zero-order valence-corrected chi connectivity index (χ0v) is 17.3. The summed E-state index contributed by atoms with van der Waals surface area (Å²) >= 11 is 0. The Kier molecular flexibility index (Phi) is 64.8. The Labute approximate surface area is 167 Å². The molecule has 4 N–H and O–H groups in total. The third kappa shape index (κ3) is 142. The Bertz CT molecular complexity index is 164. The molecule has 0 aliphatic carbocycles. The van der Waals surface area contributed by atoms with Gasteiger partial charge in [-0.3, -0.25) is 14.4 Å². The van der Waals surface area contributed by atoms with Crippen LogP contribution in [0.3, 0.4) is 0 Å². The molecule has 0 saturated carbocycles. The number of methoxy groups -OCH3 is 1. The average molecular weight is 278 g/mol. The van der Waals surface area contributed by atoms with Crippen LogP contribution < -0.4 is 94.4 Å². The van der Waals surface area contributed by atoms with Gasteiger partial charge in [0.1, 0.15) is 0 Å². The predicted octanol–water partition coefficient (Wildman–Crippen LogP) is -9.69. The molecule has 0 spiro atoms. The summed E-state index contributed by atoms with van der Waals surface area (Å²) in [5.74, 6) is -2.05. The molecule has 0 saturated heterocycles. The fraction of sp³-hybridized carbons (Fsp3) is 0.571. The van der Waals surface area contributed by atoms with Crippen LogP contribution >= 0.6 is 0 Å². The van der Waals surface area contributed by atoms with E-state index in [1.807, 2.05) is 0 Å². The summed E-state index contributed by atoms with van der Waals surface area (Å²) in [5.41, 5.74) is 4.81. The van der Waals surface area contributed by atoms with E-state index in [0.717, 1.165) is 13.8 Å². The molecule has 84 valence electrons. The molecule has 0 unspecified atom stereocenters. The minimum atomic E-state index is -0.833. The minimum absolute atomic E-state index is 0. The summed E-state index contributed by atoms with van der Waals surface area (Å²) in [4.78, 5) is 27.8. The molecule has 0 fully saturated rings. The van der Waals surface area contributed by atoms with Gasteiger partial charge in [-0.05, 0) is 0 Å². The third-order valence-electron chi connectivity index (χ3n) is 0.394. The summed E-state index contributed by atoms with van der Waals surface area (Å²) in [6.45, 7) is 2.14. The Hall–Kier alpha value is 1.37. The van der Waals surface area contributed by atoms with Gasteiger partial charge in [-0.25, -0.2) is 0 Å². The number of carbonyl (C=O) groups excluding carboxylic acids is 1. The first-order valence-corrected chi connectivity index (χ1v) is 3.43. The van der Waals surface area contributed by atoms with Crippen molar-refractivity contribution in [1.29, 1.82) is 0 Å². The van der Waals surface area contributed by atoms with Crippen LogP contribution in [0.5, 0.6) is 0 Å². The SMILES string of the molecule is CC(=O)O.CC(=O)O.COC(=O)CN.[Na+].[Na+].[Na+]. The second-order valence-corrected chi connectivity index (χ2v) is 1.82. The number of hydrogen-bond acceptors (Lipinski definition) is 5. The maximum atomic E-state index is 9.83. The molecule has 0 amide bonds. The molecule has 0 aromatic heterocycles. The summed E-state index contributed by atoms with van der Waals surface area (Å²) < 4.78 is 4.14. The standard InChI is InChI=1S/C3H7NO2.2C2H4O2.3Na/c1-6-3(5)2-4;2*1-2(3)4;;;/h2,4H2,1H3;2*1H3,(H,3,4);;;/q;;;3*+1. The fourth-order valence-corrected chi connectivity index (χ4v) is 0.0833. The van der Waals surface area contributed by atoms with Crippen molar-refractivity contribution in [2.24, 2.45) is 5.73 Å². The van der Waals surface area contributed by atoms with Gasteiger partial charge in [0.05, 0.1) is 13.7 Å². The molecule has 17 heavy (non-hydrogen) atoms. The van der Waals surface area contributed by atoms with Gasteiger partial charge < -0.3 is 20.7 Å². The van der Waals surface area contributed by atoms with E-state index in [1.54, 1.807) is 0 Å². The number of carboxylic acids is 2. The molecule has 0 rings (SSSR count). The number of nitrogens with two attached hydrogens (primary N) is 1. The monoisotopic (exact) mass is 278 g/mol. The molecular weight excluding hydrogens is 263 g/mol. The minimum Gasteiger partial charge on any atom is -0.481 e. The maximum absolute atomic E-state index is 9.83. The smallest absolute Gasteiger partial charge is 0.481 e. The normalized spacial score (nSPS) is 5.65. The number of esters is 1. The van der Waals surface area contributed by atoms with Gasteiger partial charge in [-0.2, -0.15) is 0 Å². The number of ether oxygens (including phenoxy) is 1. The van der Waals surface area contributed by atoms with Gasteiger partial charge in [-0.1, -0.05) is 0 Å². The van der Waals surface area contributed by atoms with Gasteiger partial charge in [0, 0.05) is 13.8 Å². The quantitative estimate of drug-likeness (QED) is 0.321. The molecule has 0 aromatic rings. The zero-order valence-electron chi connectivity index (χ0n) is 11.3. The van der Waals surface area contributed by atoms with Crippen molar-refractivity contribution < 1.29 is 118 Å². The van der Waals surface area contributed by atoms with E-state index >= 15 is 0 Å². The number of carbonyl (C=O) groups is 3. The number of rotatable bonds is 1. The summed E-state index contributed by atoms with van der Waals surface area (Å²) in [5, 5.41) is 14.8. The number of aliphatic carboxylic acids is 2. The van der Waals surface area contributed by atoms with Crippen LogP contribution in [0, 0.1) is 0 Å². The first-order chi connectivity index (χ1) is 6.27. The zero-order chi connectivity index (χ0) is 12.1. The van der Waals surface area contributed by atoms with Crippen molar-refractivity contribution in [1.82, 2.24) is 0 Å². The van der Waals surface area contributed by atoms with E-state index < -0.39 is 11.9 Å². The average Bonchev–Trinajstić information content (AvgIpc) is 2.01. The van der Waals surface area contributed by atoms with Gasteiger partial charge in [0.25, 0.3) is 11.9 Å². The van der Waals surface area contributed by atoms with Crippen molar-refractivity contribution >= 4 is 17.9 Å². The van der Waals surface area contributed by atoms with Crippen LogP contribution in [0.15, 0.2) is 0 Å². The molecule has 7 nitrogen and oxygen atoms in total. The molecule has 0 heterocycles. The van der Waals surface area contributed by atoms with Crippen LogP contribution in [0.2, 0.25) is 0 Å². The Morgan fingerprint density at radius 2 is 1.18 bits per heavy atom. The van der Waals surface area contributed by atoms with E-state index in [0.29, 0.717) is 0 Å². The predicted molar refractivity (Wildman–Crippen MR) is 47.7 cm³/mol. The molecule has 0 aliphatic heterocycles. The van der Waals surface area contributed by atoms with E-state index in [1.165, 1.54) is 7.11 Å². The topological polar surface area (TPSA) is 127 Å². The van der Waals surface area contributed by atoms with Crippen molar-refractivity contribution in [2.75, 3.05) is 13.7 Å². The van der Waals surface area contributed by atoms with Gasteiger partial charge >= 0.3 is 94.6 Å². The molecule has 0 aliphatic rings. The Balaban J connectivity index is -0.0000000252. The molecule has 0 bridgehead atoms. The summed E-state index contributed by atoms with van der Waals surface area (Å²) in [6.07, 6.45) is 0. The van der Waals surface area contributed by atoms with E-state index in [4.69, 9.17) is 25.5 Å². The van der Waals surface area contributed by atoms with E-state index in [2.05, 4.69) is 4.74 Å². The summed E-state index contributed by atoms with van der Waals surface area (Å²) in [7, 11) is 1.30. The maximum Gasteiger partial charge on any atom is 1.00 e. The summed E-state index contributed by atoms with van der Waals surface area (Å²) in [6, 6.07) is 0. The number of carboxylic acid groups (broad SMARTS) is 2. The van der Waals surface area contributed by atoms with E-state index in [-0.39, 0.29) is 101 Å². The van der Waals surface area contributed by atoms with Gasteiger partial charge in [0.2, 0.25) is 0 Å². The van der Waals surface area contributed by atoms with Crippen molar-refractivity contribution in [3.8, 4) is 0 Å². The van der Waals surface area contributed by atoms with Crippen molar-refractivity contribution in [3.63, 3.8) is 0 Å². The first kappa shape index (κ1) is 36.2. The fourth-order valence-electron chi connectivity index (χ4n) is 0.0833. The number of hydrogen-bond donors (Lipinski definition) is 3. The molecule has 10 heteroatoms. The van der Waals surface area contributed by atoms with Crippen LogP contribution in [0.4, 0.5) is 0 Å². The molecule has 0 aromatic carbocycles. The molecule has 0 atom stereocenters. The Morgan fingerprint density at radius 3 is 1.18 bits per heavy atom. The van der Waals surface area contributed by atoms with Crippen LogP contribution in [0.1, 0.15) is 13.8 Å².